The van der Waals surface area contributed by atoms with Gasteiger partial charge in [0, 0.05) is 12.1 Å². The van der Waals surface area contributed by atoms with Crippen molar-refractivity contribution in [1.82, 2.24) is 4.90 Å². The zero-order valence-corrected chi connectivity index (χ0v) is 13.7. The maximum Gasteiger partial charge on any atom is 0.414 e. The van der Waals surface area contributed by atoms with Crippen molar-refractivity contribution in [2.24, 2.45) is 0 Å². The second-order valence-corrected chi connectivity index (χ2v) is 5.12. The lowest BCUT2D eigenvalue weighted by atomic mass is 10.1. The summed E-state index contributed by atoms with van der Waals surface area (Å²) in [7, 11) is 4.10. The van der Waals surface area contributed by atoms with Gasteiger partial charge < -0.3 is 19.8 Å². The lowest BCUT2D eigenvalue weighted by molar-refractivity contribution is -0.159. The standard InChI is InChI=1S/C16H19NO.C2H2O4/c1-17(2)12-13-18-16-11-7-6-10-15(16)14-8-4-3-5-9-14;3-1(4)2(5)6/h3-11H,12-13H2,1-2H3;(H,3,4)(H,5,6). The van der Waals surface area contributed by atoms with E-state index in [1.54, 1.807) is 0 Å². The SMILES string of the molecule is CN(C)CCOc1ccccc1-c1ccccc1.O=C(O)C(=O)O. The van der Waals surface area contributed by atoms with Crippen LogP contribution in [0.25, 0.3) is 11.1 Å². The summed E-state index contributed by atoms with van der Waals surface area (Å²) in [5.41, 5.74) is 2.34. The number of rotatable bonds is 5. The van der Waals surface area contributed by atoms with Crippen molar-refractivity contribution in [3.8, 4) is 16.9 Å². The highest BCUT2D eigenvalue weighted by molar-refractivity contribution is 6.27. The highest BCUT2D eigenvalue weighted by Gasteiger charge is 2.05. The third kappa shape index (κ3) is 6.93. The molecule has 0 aromatic heterocycles. The molecular formula is C18H21NO5. The maximum atomic E-state index is 9.10. The number of nitrogens with zero attached hydrogens (tertiary/aromatic N) is 1. The minimum Gasteiger partial charge on any atom is -0.492 e. The molecule has 0 aliphatic carbocycles. The van der Waals surface area contributed by atoms with Crippen LogP contribution in [-0.2, 0) is 9.59 Å². The molecule has 0 aliphatic heterocycles. The van der Waals surface area contributed by atoms with E-state index >= 15 is 0 Å². The van der Waals surface area contributed by atoms with Crippen LogP contribution in [0, 0.1) is 0 Å². The summed E-state index contributed by atoms with van der Waals surface area (Å²) in [6, 6.07) is 18.5. The Morgan fingerprint density at radius 1 is 0.917 bits per heavy atom. The molecule has 2 aromatic rings. The third-order valence-corrected chi connectivity index (χ3v) is 2.95. The van der Waals surface area contributed by atoms with Crippen LogP contribution in [0.3, 0.4) is 0 Å². The minimum atomic E-state index is -1.82. The second-order valence-electron chi connectivity index (χ2n) is 5.12. The normalized spacial score (nSPS) is 9.79. The van der Waals surface area contributed by atoms with Crippen molar-refractivity contribution >= 4 is 11.9 Å². The second kappa shape index (κ2) is 10.0. The molecule has 0 atom stereocenters. The first-order chi connectivity index (χ1) is 11.4. The van der Waals surface area contributed by atoms with Crippen LogP contribution in [0.1, 0.15) is 0 Å². The predicted octanol–water partition coefficient (Wildman–Crippen LogP) is 2.45. The van der Waals surface area contributed by atoms with E-state index in [1.807, 2.05) is 50.5 Å². The molecule has 0 radical (unpaired) electrons. The maximum absolute atomic E-state index is 9.10. The van der Waals surface area contributed by atoms with Crippen molar-refractivity contribution in [1.29, 1.82) is 0 Å². The first-order valence-corrected chi connectivity index (χ1v) is 7.30. The number of ether oxygens (including phenoxy) is 1. The quantitative estimate of drug-likeness (QED) is 0.818. The average molecular weight is 331 g/mol. The number of carbonyl (C=O) groups is 2. The summed E-state index contributed by atoms with van der Waals surface area (Å²) in [6.45, 7) is 1.62. The Kier molecular flexibility index (Phi) is 8.01. The Balaban J connectivity index is 0.000000413. The number of aliphatic carboxylic acids is 2. The fraction of sp³-hybridized carbons (Fsp3) is 0.222. The van der Waals surface area contributed by atoms with Gasteiger partial charge in [-0.05, 0) is 25.7 Å². The van der Waals surface area contributed by atoms with Crippen LogP contribution in [0.5, 0.6) is 5.75 Å². The monoisotopic (exact) mass is 331 g/mol. The van der Waals surface area contributed by atoms with Gasteiger partial charge in [-0.3, -0.25) is 0 Å². The zero-order valence-electron chi connectivity index (χ0n) is 13.7. The molecule has 0 saturated heterocycles. The van der Waals surface area contributed by atoms with Crippen LogP contribution in [0.2, 0.25) is 0 Å². The number of para-hydroxylation sites is 1. The van der Waals surface area contributed by atoms with Crippen LogP contribution in [0.4, 0.5) is 0 Å². The summed E-state index contributed by atoms with van der Waals surface area (Å²) in [5, 5.41) is 14.8. The summed E-state index contributed by atoms with van der Waals surface area (Å²) >= 11 is 0. The molecule has 0 unspecified atom stereocenters. The molecule has 24 heavy (non-hydrogen) atoms. The molecule has 128 valence electrons. The molecule has 0 heterocycles. The van der Waals surface area contributed by atoms with E-state index in [4.69, 9.17) is 24.5 Å². The van der Waals surface area contributed by atoms with Gasteiger partial charge in [0.15, 0.2) is 0 Å². The number of carboxylic acids is 2. The van der Waals surface area contributed by atoms with E-state index in [1.165, 1.54) is 5.56 Å². The van der Waals surface area contributed by atoms with Crippen LogP contribution >= 0.6 is 0 Å². The first-order valence-electron chi connectivity index (χ1n) is 7.30. The van der Waals surface area contributed by atoms with Gasteiger partial charge in [-0.25, -0.2) is 9.59 Å². The summed E-state index contributed by atoms with van der Waals surface area (Å²) in [6.07, 6.45) is 0. The van der Waals surface area contributed by atoms with Crippen LogP contribution in [-0.4, -0.2) is 54.3 Å². The highest BCUT2D eigenvalue weighted by Crippen LogP contribution is 2.29. The molecule has 6 heteroatoms. The van der Waals surface area contributed by atoms with E-state index in [0.29, 0.717) is 6.61 Å². The molecular weight excluding hydrogens is 310 g/mol. The van der Waals surface area contributed by atoms with E-state index in [0.717, 1.165) is 17.9 Å². The highest BCUT2D eigenvalue weighted by atomic mass is 16.5. The molecule has 0 aliphatic rings. The fourth-order valence-corrected chi connectivity index (χ4v) is 1.79. The Bertz CT molecular complexity index is 643. The molecule has 0 amide bonds. The zero-order chi connectivity index (χ0) is 17.9. The van der Waals surface area contributed by atoms with E-state index in [2.05, 4.69) is 23.1 Å². The van der Waals surface area contributed by atoms with Gasteiger partial charge in [-0.2, -0.15) is 0 Å². The lowest BCUT2D eigenvalue weighted by Crippen LogP contribution is -2.19. The molecule has 0 saturated carbocycles. The van der Waals surface area contributed by atoms with Gasteiger partial charge in [0.05, 0.1) is 0 Å². The first kappa shape index (κ1) is 19.2. The summed E-state index contributed by atoms with van der Waals surface area (Å²) in [5.74, 6) is -2.70. The smallest absolute Gasteiger partial charge is 0.414 e. The lowest BCUT2D eigenvalue weighted by Gasteiger charge is -2.14. The predicted molar refractivity (Wildman–Crippen MR) is 91.2 cm³/mol. The molecule has 2 N–H and O–H groups in total. The topological polar surface area (TPSA) is 87.1 Å². The van der Waals surface area contributed by atoms with Gasteiger partial charge >= 0.3 is 11.9 Å². The minimum absolute atomic E-state index is 0.705. The van der Waals surface area contributed by atoms with Crippen molar-refractivity contribution in [2.45, 2.75) is 0 Å². The van der Waals surface area contributed by atoms with Gasteiger partial charge in [0.1, 0.15) is 12.4 Å². The Morgan fingerprint density at radius 2 is 1.46 bits per heavy atom. The number of benzene rings is 2. The largest absolute Gasteiger partial charge is 0.492 e. The number of likely N-dealkylation sites (N-methyl/N-ethyl adjacent to an activating group) is 1. The van der Waals surface area contributed by atoms with Crippen LogP contribution in [0.15, 0.2) is 54.6 Å². The van der Waals surface area contributed by atoms with Crippen molar-refractivity contribution in [2.75, 3.05) is 27.2 Å². The molecule has 0 bridgehead atoms. The molecule has 2 rings (SSSR count). The van der Waals surface area contributed by atoms with E-state index < -0.39 is 11.9 Å². The summed E-state index contributed by atoms with van der Waals surface area (Å²) in [4.78, 5) is 20.3. The van der Waals surface area contributed by atoms with Gasteiger partial charge in [-0.1, -0.05) is 48.5 Å². The van der Waals surface area contributed by atoms with E-state index in [9.17, 15) is 0 Å². The fourth-order valence-electron chi connectivity index (χ4n) is 1.79. The number of hydrogen-bond acceptors (Lipinski definition) is 4. The summed E-state index contributed by atoms with van der Waals surface area (Å²) < 4.78 is 5.86. The van der Waals surface area contributed by atoms with Crippen molar-refractivity contribution in [3.63, 3.8) is 0 Å². The molecule has 2 aromatic carbocycles. The molecule has 0 spiro atoms. The Morgan fingerprint density at radius 3 is 2.00 bits per heavy atom. The van der Waals surface area contributed by atoms with Crippen LogP contribution < -0.4 is 4.74 Å². The Labute approximate surface area is 140 Å². The van der Waals surface area contributed by atoms with Crippen molar-refractivity contribution in [3.05, 3.63) is 54.6 Å². The van der Waals surface area contributed by atoms with Gasteiger partial charge in [0.2, 0.25) is 0 Å². The number of carboxylic acid groups (broad SMARTS) is 2. The molecule has 6 nitrogen and oxygen atoms in total. The van der Waals surface area contributed by atoms with Gasteiger partial charge in [-0.15, -0.1) is 0 Å². The van der Waals surface area contributed by atoms with Crippen molar-refractivity contribution < 1.29 is 24.5 Å². The molecule has 0 fully saturated rings. The van der Waals surface area contributed by atoms with Gasteiger partial charge in [0.25, 0.3) is 0 Å². The number of hydrogen-bond donors (Lipinski definition) is 2. The van der Waals surface area contributed by atoms with E-state index in [-0.39, 0.29) is 0 Å². The average Bonchev–Trinajstić information content (AvgIpc) is 2.56. The third-order valence-electron chi connectivity index (χ3n) is 2.95. The Hall–Kier alpha value is -2.86.